The van der Waals surface area contributed by atoms with Gasteiger partial charge >= 0.3 is 6.03 Å². The number of amides is 2. The van der Waals surface area contributed by atoms with Crippen molar-refractivity contribution in [3.63, 3.8) is 0 Å². The number of benzene rings is 1. The fourth-order valence-electron chi connectivity index (χ4n) is 1.08. The molecule has 0 spiro atoms. The number of halogens is 2. The number of hydrazine groups is 1. The number of hydrogen-bond donors (Lipinski definition) is 3. The van der Waals surface area contributed by atoms with E-state index in [0.29, 0.717) is 16.9 Å². The van der Waals surface area contributed by atoms with Crippen LogP contribution in [0.4, 0.5) is 14.9 Å². The Morgan fingerprint density at radius 3 is 2.76 bits per heavy atom. The molecule has 4 nitrogen and oxygen atoms in total. The Morgan fingerprint density at radius 2 is 2.18 bits per heavy atom. The summed E-state index contributed by atoms with van der Waals surface area (Å²) in [7, 11) is 0. The predicted molar refractivity (Wildman–Crippen MR) is 69.1 cm³/mol. The largest absolute Gasteiger partial charge is 0.333 e. The highest BCUT2D eigenvalue weighted by Crippen LogP contribution is 2.18. The fourth-order valence-corrected chi connectivity index (χ4v) is 1.41. The molecule has 1 rings (SSSR count). The average Bonchev–Trinajstić information content (AvgIpc) is 2.21. The van der Waals surface area contributed by atoms with Crippen LogP contribution in [-0.4, -0.2) is 12.6 Å². The van der Waals surface area contributed by atoms with Crippen LogP contribution in [0.2, 0.25) is 0 Å². The molecule has 0 bridgehead atoms. The summed E-state index contributed by atoms with van der Waals surface area (Å²) in [6.45, 7) is 4.68. The van der Waals surface area contributed by atoms with Gasteiger partial charge in [-0.25, -0.2) is 14.6 Å². The first kappa shape index (κ1) is 13.9. The van der Waals surface area contributed by atoms with E-state index in [1.807, 2.05) is 13.8 Å². The average molecular weight is 304 g/mol. The molecule has 1 aromatic rings. The third-order valence-electron chi connectivity index (χ3n) is 1.89. The van der Waals surface area contributed by atoms with Gasteiger partial charge < -0.3 is 5.32 Å². The summed E-state index contributed by atoms with van der Waals surface area (Å²) in [5, 5.41) is 2.40. The van der Waals surface area contributed by atoms with Crippen LogP contribution in [-0.2, 0) is 0 Å². The fraction of sp³-hybridized carbons (Fsp3) is 0.364. The molecular formula is C11H15BrFN3O. The minimum atomic E-state index is -0.494. The molecule has 0 atom stereocenters. The molecule has 0 aliphatic carbocycles. The van der Waals surface area contributed by atoms with Crippen molar-refractivity contribution in [1.82, 2.24) is 10.9 Å². The summed E-state index contributed by atoms with van der Waals surface area (Å²) in [6, 6.07) is 3.94. The van der Waals surface area contributed by atoms with Crippen LogP contribution in [0.5, 0.6) is 0 Å². The Balaban J connectivity index is 2.45. The van der Waals surface area contributed by atoms with Crippen LogP contribution < -0.4 is 16.2 Å². The van der Waals surface area contributed by atoms with Crippen LogP contribution in [0.3, 0.4) is 0 Å². The molecule has 0 aliphatic rings. The van der Waals surface area contributed by atoms with E-state index in [0.717, 1.165) is 0 Å². The highest BCUT2D eigenvalue weighted by Gasteiger charge is 2.06. The molecule has 0 unspecified atom stereocenters. The van der Waals surface area contributed by atoms with Crippen LogP contribution in [0.1, 0.15) is 13.8 Å². The van der Waals surface area contributed by atoms with Gasteiger partial charge in [-0.1, -0.05) is 29.8 Å². The molecule has 0 saturated carbocycles. The van der Waals surface area contributed by atoms with Gasteiger partial charge in [0, 0.05) is 11.0 Å². The molecule has 0 saturated heterocycles. The Labute approximate surface area is 108 Å². The van der Waals surface area contributed by atoms with Gasteiger partial charge in [0.05, 0.1) is 5.69 Å². The molecule has 2 amide bonds. The van der Waals surface area contributed by atoms with E-state index in [1.165, 1.54) is 12.1 Å². The second-order valence-electron chi connectivity index (χ2n) is 3.98. The zero-order chi connectivity index (χ0) is 12.8. The lowest BCUT2D eigenvalue weighted by Gasteiger charge is -2.11. The molecule has 0 heterocycles. The molecule has 0 aromatic heterocycles. The zero-order valence-corrected chi connectivity index (χ0v) is 11.3. The second-order valence-corrected chi connectivity index (χ2v) is 4.89. The van der Waals surface area contributed by atoms with Crippen molar-refractivity contribution in [3.8, 4) is 0 Å². The Hall–Kier alpha value is -1.14. The quantitative estimate of drug-likeness (QED) is 0.749. The summed E-state index contributed by atoms with van der Waals surface area (Å²) in [6.07, 6.45) is 0. The van der Waals surface area contributed by atoms with Gasteiger partial charge in [-0.2, -0.15) is 0 Å². The predicted octanol–water partition coefficient (Wildman–Crippen LogP) is 2.87. The minimum absolute atomic E-state index is 0.136. The highest BCUT2D eigenvalue weighted by molar-refractivity contribution is 9.10. The third-order valence-corrected chi connectivity index (χ3v) is 2.38. The van der Waals surface area contributed by atoms with E-state index in [9.17, 15) is 9.18 Å². The van der Waals surface area contributed by atoms with E-state index in [-0.39, 0.29) is 5.69 Å². The van der Waals surface area contributed by atoms with E-state index in [4.69, 9.17) is 0 Å². The highest BCUT2D eigenvalue weighted by atomic mass is 79.9. The molecule has 0 fully saturated rings. The van der Waals surface area contributed by atoms with Gasteiger partial charge in [0.15, 0.2) is 0 Å². The Kier molecular flexibility index (Phi) is 5.37. The summed E-state index contributed by atoms with van der Waals surface area (Å²) >= 11 is 3.14. The molecule has 6 heteroatoms. The van der Waals surface area contributed by atoms with Crippen LogP contribution >= 0.6 is 15.9 Å². The number of hydrogen-bond acceptors (Lipinski definition) is 2. The van der Waals surface area contributed by atoms with Crippen molar-refractivity contribution in [1.29, 1.82) is 0 Å². The molecule has 0 radical (unpaired) electrons. The topological polar surface area (TPSA) is 53.2 Å². The second kappa shape index (κ2) is 6.56. The summed E-state index contributed by atoms with van der Waals surface area (Å²) in [5.41, 5.74) is 5.30. The van der Waals surface area contributed by atoms with Crippen molar-refractivity contribution < 1.29 is 9.18 Å². The van der Waals surface area contributed by atoms with E-state index in [1.54, 1.807) is 6.07 Å². The van der Waals surface area contributed by atoms with Crippen LogP contribution in [0.25, 0.3) is 0 Å². The molecule has 3 N–H and O–H groups in total. The van der Waals surface area contributed by atoms with Crippen molar-refractivity contribution >= 4 is 27.6 Å². The van der Waals surface area contributed by atoms with Crippen LogP contribution in [0.15, 0.2) is 22.7 Å². The number of anilines is 1. The SMILES string of the molecule is CC(C)CNNC(=O)Nc1ccc(Br)cc1F. The number of carbonyl (C=O) groups is 1. The van der Waals surface area contributed by atoms with Gasteiger partial charge in [-0.15, -0.1) is 0 Å². The van der Waals surface area contributed by atoms with Gasteiger partial charge in [0.25, 0.3) is 0 Å². The molecular weight excluding hydrogens is 289 g/mol. The van der Waals surface area contributed by atoms with E-state index in [2.05, 4.69) is 32.1 Å². The van der Waals surface area contributed by atoms with Crippen molar-refractivity contribution in [2.45, 2.75) is 13.8 Å². The zero-order valence-electron chi connectivity index (χ0n) is 9.68. The maximum Gasteiger partial charge on any atom is 0.333 e. The molecule has 94 valence electrons. The number of rotatable bonds is 4. The van der Waals surface area contributed by atoms with Crippen molar-refractivity contribution in [2.75, 3.05) is 11.9 Å². The van der Waals surface area contributed by atoms with E-state index >= 15 is 0 Å². The van der Waals surface area contributed by atoms with E-state index < -0.39 is 11.8 Å². The maximum absolute atomic E-state index is 13.4. The Morgan fingerprint density at radius 1 is 1.47 bits per heavy atom. The monoisotopic (exact) mass is 303 g/mol. The summed E-state index contributed by atoms with van der Waals surface area (Å²) in [4.78, 5) is 11.4. The molecule has 1 aromatic carbocycles. The lowest BCUT2D eigenvalue weighted by atomic mass is 10.2. The first-order valence-corrected chi connectivity index (χ1v) is 6.03. The third kappa shape index (κ3) is 5.14. The normalized spacial score (nSPS) is 10.4. The lowest BCUT2D eigenvalue weighted by Crippen LogP contribution is -2.42. The molecule has 17 heavy (non-hydrogen) atoms. The number of urea groups is 1. The summed E-state index contributed by atoms with van der Waals surface area (Å²) < 4.78 is 14.0. The molecule has 0 aliphatic heterocycles. The van der Waals surface area contributed by atoms with Crippen molar-refractivity contribution in [2.24, 2.45) is 5.92 Å². The van der Waals surface area contributed by atoms with Gasteiger partial charge in [-0.3, -0.25) is 5.43 Å². The van der Waals surface area contributed by atoms with Gasteiger partial charge in [0.2, 0.25) is 0 Å². The number of carbonyl (C=O) groups excluding carboxylic acids is 1. The lowest BCUT2D eigenvalue weighted by molar-refractivity contribution is 0.247. The first-order valence-electron chi connectivity index (χ1n) is 5.24. The summed E-state index contributed by atoms with van der Waals surface area (Å²) in [5.74, 6) is -0.0712. The van der Waals surface area contributed by atoms with Crippen molar-refractivity contribution in [3.05, 3.63) is 28.5 Å². The number of nitrogens with one attached hydrogen (secondary N) is 3. The Bertz CT molecular complexity index is 398. The maximum atomic E-state index is 13.4. The van der Waals surface area contributed by atoms with Gasteiger partial charge in [-0.05, 0) is 24.1 Å². The van der Waals surface area contributed by atoms with Gasteiger partial charge in [0.1, 0.15) is 5.82 Å². The minimum Gasteiger partial charge on any atom is -0.304 e. The smallest absolute Gasteiger partial charge is 0.304 e. The standard InChI is InChI=1S/C11H15BrFN3O/c1-7(2)6-14-16-11(17)15-10-4-3-8(12)5-9(10)13/h3-5,7,14H,6H2,1-2H3,(H2,15,16,17). The van der Waals surface area contributed by atoms with Crippen LogP contribution in [0, 0.1) is 11.7 Å². The first-order chi connectivity index (χ1) is 7.99.